The first-order valence-corrected chi connectivity index (χ1v) is 53.6. The van der Waals surface area contributed by atoms with Crippen molar-refractivity contribution >= 4 is 0 Å². The van der Waals surface area contributed by atoms with Gasteiger partial charge in [-0.15, -0.1) is 0 Å². The van der Waals surface area contributed by atoms with Crippen molar-refractivity contribution in [1.82, 2.24) is 4.90 Å². The SMILES string of the molecule is CCCCCCCCCCC1=CC(CCCCCCCCCC)(C(CCCCCCCCCC)(CCCCCCCCCC)N(C)C)C(CCCCCCCCCC)(CCCCCCCCCC)C(CCCCCCCCCC)(CCCCCCCCCC)C1(CCCCCCCCCC)CCCCCCCCCC. The van der Waals surface area contributed by atoms with Gasteiger partial charge in [-0.25, -0.2) is 0 Å². The molecule has 0 fully saturated rings. The molecule has 110 heavy (non-hydrogen) atoms. The summed E-state index contributed by atoms with van der Waals surface area (Å²) in [4.78, 5) is 3.20. The van der Waals surface area contributed by atoms with E-state index in [1.165, 1.54) is 565 Å². The Morgan fingerprint density at radius 3 is 0.582 bits per heavy atom. The summed E-state index contributed by atoms with van der Waals surface area (Å²) in [5.41, 5.74) is 3.19. The van der Waals surface area contributed by atoms with Crippen molar-refractivity contribution in [2.24, 2.45) is 21.7 Å². The summed E-state index contributed by atoms with van der Waals surface area (Å²) in [5, 5.41) is 0. The number of hydrogen-bond donors (Lipinski definition) is 0. The first kappa shape index (κ1) is 108. The summed E-state index contributed by atoms with van der Waals surface area (Å²) in [6, 6.07) is 0. The van der Waals surface area contributed by atoms with Gasteiger partial charge < -0.3 is 4.90 Å². The number of rotatable bonds is 92. The van der Waals surface area contributed by atoms with Crippen LogP contribution in [0.3, 0.4) is 0 Å². The van der Waals surface area contributed by atoms with E-state index in [9.17, 15) is 0 Å². The van der Waals surface area contributed by atoms with Gasteiger partial charge in [0.2, 0.25) is 0 Å². The van der Waals surface area contributed by atoms with E-state index < -0.39 is 0 Å². The third-order valence-electron chi connectivity index (χ3n) is 29.8. The number of unbranched alkanes of at least 4 members (excludes halogenated alkanes) is 70. The van der Waals surface area contributed by atoms with Gasteiger partial charge in [0, 0.05) is 11.0 Å². The maximum atomic E-state index is 3.63. The van der Waals surface area contributed by atoms with E-state index in [2.05, 4.69) is 99.9 Å². The third-order valence-corrected chi connectivity index (χ3v) is 29.8. The summed E-state index contributed by atoms with van der Waals surface area (Å²) >= 11 is 0. The van der Waals surface area contributed by atoms with Crippen LogP contribution >= 0.6 is 0 Å². The molecule has 0 radical (unpaired) electrons. The second-order valence-electron chi connectivity index (χ2n) is 39.1. The minimum absolute atomic E-state index is 0.119. The highest BCUT2D eigenvalue weighted by atomic mass is 15.2. The Hall–Kier alpha value is -0.300. The highest BCUT2D eigenvalue weighted by Crippen LogP contribution is 2.80. The topological polar surface area (TPSA) is 3.24 Å². The zero-order chi connectivity index (χ0) is 80.0. The number of nitrogens with zero attached hydrogens (tertiary/aromatic N) is 1. The predicted octanol–water partition coefficient (Wildman–Crippen LogP) is 40.5. The highest BCUT2D eigenvalue weighted by molar-refractivity contribution is 5.39. The molecule has 0 aliphatic heterocycles. The minimum Gasteiger partial charge on any atom is -0.303 e. The summed E-state index contributed by atoms with van der Waals surface area (Å²) in [5.74, 6) is 0. The van der Waals surface area contributed by atoms with Gasteiger partial charge in [-0.3, -0.25) is 0 Å². The summed E-state index contributed by atoms with van der Waals surface area (Å²) in [6.07, 6.45) is 135. The lowest BCUT2D eigenvalue weighted by atomic mass is 9.29. The Morgan fingerprint density at radius 2 is 0.364 bits per heavy atom. The van der Waals surface area contributed by atoms with E-state index in [-0.39, 0.29) is 27.2 Å². The van der Waals surface area contributed by atoms with E-state index in [0.29, 0.717) is 0 Å². The molecule has 0 amide bonds. The molecule has 1 rings (SSSR count). The molecule has 0 bridgehead atoms. The molecule has 1 unspecified atom stereocenters. The lowest BCUT2D eigenvalue weighted by molar-refractivity contribution is -0.225. The van der Waals surface area contributed by atoms with Crippen LogP contribution < -0.4 is 0 Å². The fourth-order valence-corrected chi connectivity index (χ4v) is 23.1. The van der Waals surface area contributed by atoms with Crippen molar-refractivity contribution in [3.05, 3.63) is 11.6 Å². The predicted molar refractivity (Wildman–Crippen MR) is 507 cm³/mol. The quantitative estimate of drug-likeness (QED) is 0.0433. The van der Waals surface area contributed by atoms with Crippen LogP contribution in [0, 0.1) is 21.7 Å². The van der Waals surface area contributed by atoms with Gasteiger partial charge in [0.05, 0.1) is 0 Å². The molecule has 0 saturated heterocycles. The van der Waals surface area contributed by atoms with E-state index in [0.717, 1.165) is 0 Å². The van der Waals surface area contributed by atoms with Crippen molar-refractivity contribution in [2.75, 3.05) is 14.1 Å². The van der Waals surface area contributed by atoms with Crippen LogP contribution in [0.4, 0.5) is 0 Å². The Balaban J connectivity index is 5.53. The van der Waals surface area contributed by atoms with Gasteiger partial charge in [-0.1, -0.05) is 588 Å². The van der Waals surface area contributed by atoms with Crippen LogP contribution in [0.1, 0.15) is 647 Å². The van der Waals surface area contributed by atoms with Crippen LogP contribution in [-0.2, 0) is 0 Å². The second-order valence-corrected chi connectivity index (χ2v) is 39.1. The summed E-state index contributed by atoms with van der Waals surface area (Å²) in [7, 11) is 5.60. The van der Waals surface area contributed by atoms with Crippen LogP contribution in [0.2, 0.25) is 0 Å². The van der Waals surface area contributed by atoms with Crippen LogP contribution in [0.15, 0.2) is 11.6 Å². The third kappa shape index (κ3) is 46.9. The van der Waals surface area contributed by atoms with Crippen molar-refractivity contribution in [3.8, 4) is 0 Å². The molecule has 1 nitrogen and oxygen atoms in total. The molecule has 1 aliphatic carbocycles. The van der Waals surface area contributed by atoms with Crippen molar-refractivity contribution in [1.29, 1.82) is 0 Å². The zero-order valence-electron chi connectivity index (χ0n) is 79.7. The maximum Gasteiger partial charge on any atom is 0.0299 e. The fraction of sp³-hybridized carbons (Fsp3) is 0.982. The smallest absolute Gasteiger partial charge is 0.0299 e. The number of hydrogen-bond acceptors (Lipinski definition) is 1. The van der Waals surface area contributed by atoms with Gasteiger partial charge in [-0.2, -0.15) is 0 Å². The maximum absolute atomic E-state index is 3.63. The molecule has 1 aliphatic rings. The minimum atomic E-state index is 0.119. The monoisotopic (exact) mass is 1540 g/mol. The molecule has 0 saturated carbocycles. The molecule has 0 spiro atoms. The molecule has 0 heterocycles. The first-order chi connectivity index (χ1) is 54.2. The first-order valence-electron chi connectivity index (χ1n) is 53.6. The largest absolute Gasteiger partial charge is 0.303 e. The Kier molecular flexibility index (Phi) is 76.9. The van der Waals surface area contributed by atoms with E-state index >= 15 is 0 Å². The molecule has 0 aromatic rings. The normalized spacial score (nSPS) is 15.7. The summed E-state index contributed by atoms with van der Waals surface area (Å²) < 4.78 is 0. The van der Waals surface area contributed by atoms with Crippen molar-refractivity contribution < 1.29 is 0 Å². The van der Waals surface area contributed by atoms with E-state index in [1.54, 1.807) is 12.8 Å². The van der Waals surface area contributed by atoms with Gasteiger partial charge in [0.25, 0.3) is 0 Å². The standard InChI is InChI=1S/C109H217N/c1-13-23-33-43-53-63-73-83-93-104-103-108(100-90-80-70-60-50-40-30-20-8,109(110(11)12,101-91-81-71-61-51-41-31-21-9)102-92-82-72-62-52-42-32-22-10)107(98-88-78-68-58-48-38-28-18-6,99-89-79-69-59-49-39-29-19-7)106(96-86-76-66-56-46-36-26-16-4,97-87-77-67-57-47-37-27-17-5)105(104,94-84-74-64-54-44-34-24-14-2)95-85-75-65-55-45-35-25-15-3/h103H,13-102H2,1-12H3. The molecule has 0 N–H and O–H groups in total. The Labute approximate surface area is 700 Å². The average Bonchev–Trinajstić information content (AvgIpc) is 0.658. The van der Waals surface area contributed by atoms with Gasteiger partial charge >= 0.3 is 0 Å². The molecular formula is C109H217N. The van der Waals surface area contributed by atoms with E-state index in [1.807, 2.05) is 0 Å². The lowest BCUT2D eigenvalue weighted by Gasteiger charge is -2.76. The summed E-state index contributed by atoms with van der Waals surface area (Å²) in [6.45, 7) is 24.4. The Morgan fingerprint density at radius 1 is 0.191 bits per heavy atom. The lowest BCUT2D eigenvalue weighted by Crippen LogP contribution is -2.72. The molecular weight excluding hydrogens is 1320 g/mol. The highest BCUT2D eigenvalue weighted by Gasteiger charge is 2.74. The zero-order valence-corrected chi connectivity index (χ0v) is 79.7. The van der Waals surface area contributed by atoms with Crippen molar-refractivity contribution in [2.45, 2.75) is 653 Å². The average molecular weight is 1540 g/mol. The van der Waals surface area contributed by atoms with Crippen LogP contribution in [-0.4, -0.2) is 24.5 Å². The van der Waals surface area contributed by atoms with Crippen molar-refractivity contribution in [3.63, 3.8) is 0 Å². The fourth-order valence-electron chi connectivity index (χ4n) is 23.1. The van der Waals surface area contributed by atoms with Gasteiger partial charge in [0.1, 0.15) is 0 Å². The van der Waals surface area contributed by atoms with E-state index in [4.69, 9.17) is 0 Å². The second kappa shape index (κ2) is 78.5. The molecule has 1 atom stereocenters. The van der Waals surface area contributed by atoms with Gasteiger partial charge in [0.15, 0.2) is 0 Å². The number of allylic oxidation sites excluding steroid dienone is 1. The Bertz CT molecular complexity index is 1750. The molecule has 1 heteroatoms. The molecule has 0 aromatic heterocycles. The van der Waals surface area contributed by atoms with Gasteiger partial charge in [-0.05, 0) is 101 Å². The van der Waals surface area contributed by atoms with Crippen LogP contribution in [0.5, 0.6) is 0 Å². The molecule has 658 valence electrons. The molecule has 0 aromatic carbocycles. The van der Waals surface area contributed by atoms with Crippen LogP contribution in [0.25, 0.3) is 0 Å².